The fraction of sp³-hybridized carbons (Fsp3) is 0.409. The lowest BCUT2D eigenvalue weighted by atomic mass is 9.80. The average Bonchev–Trinajstić information content (AvgIpc) is 3.52. The molecule has 3 heterocycles. The zero-order valence-electron chi connectivity index (χ0n) is 18.2. The summed E-state index contributed by atoms with van der Waals surface area (Å²) in [7, 11) is 0. The van der Waals surface area contributed by atoms with Crippen molar-refractivity contribution in [3.8, 4) is 5.75 Å². The number of fused-ring (bicyclic) bond motifs is 2. The minimum Gasteiger partial charge on any atom is -0.494 e. The van der Waals surface area contributed by atoms with E-state index in [0.29, 0.717) is 30.6 Å². The van der Waals surface area contributed by atoms with E-state index in [4.69, 9.17) is 4.74 Å². The SMILES string of the molecule is Cc1cnc(C2=C(c3nn[nH]n3)C(=O)N[C@@]3(CCc4cc(OCCCC(F)(F)F)ccc43)C2)s1. The zero-order valence-corrected chi connectivity index (χ0v) is 19.0. The number of carbonyl (C=O) groups excluding carboxylic acids is 1. The van der Waals surface area contributed by atoms with Gasteiger partial charge < -0.3 is 10.1 Å². The second kappa shape index (κ2) is 8.49. The molecular formula is C22H21F3N6O2S. The summed E-state index contributed by atoms with van der Waals surface area (Å²) in [4.78, 5) is 18.9. The Bertz CT molecular complexity index is 1250. The van der Waals surface area contributed by atoms with Gasteiger partial charge in [-0.15, -0.1) is 21.5 Å². The number of carbonyl (C=O) groups is 1. The van der Waals surface area contributed by atoms with Crippen LogP contribution in [0.1, 0.15) is 52.5 Å². The van der Waals surface area contributed by atoms with Crippen molar-refractivity contribution in [1.82, 2.24) is 30.9 Å². The second-order valence-electron chi connectivity index (χ2n) is 8.46. The molecule has 8 nitrogen and oxygen atoms in total. The van der Waals surface area contributed by atoms with Crippen molar-refractivity contribution >= 4 is 28.4 Å². The number of hydrogen-bond donors (Lipinski definition) is 2. The summed E-state index contributed by atoms with van der Waals surface area (Å²) in [6.07, 6.45) is -1.49. The Morgan fingerprint density at radius 3 is 2.85 bits per heavy atom. The number of aromatic nitrogens is 5. The van der Waals surface area contributed by atoms with E-state index in [1.54, 1.807) is 12.3 Å². The van der Waals surface area contributed by atoms with Crippen molar-refractivity contribution in [3.63, 3.8) is 0 Å². The first-order valence-corrected chi connectivity index (χ1v) is 11.6. The number of halogens is 3. The minimum absolute atomic E-state index is 0.00940. The van der Waals surface area contributed by atoms with E-state index in [9.17, 15) is 18.0 Å². The van der Waals surface area contributed by atoms with E-state index in [-0.39, 0.29) is 24.8 Å². The maximum Gasteiger partial charge on any atom is 0.389 e. The van der Waals surface area contributed by atoms with Crippen LogP contribution in [0.5, 0.6) is 5.75 Å². The third-order valence-electron chi connectivity index (χ3n) is 6.10. The topological polar surface area (TPSA) is 106 Å². The number of alkyl halides is 3. The maximum atomic E-state index is 13.3. The predicted octanol–water partition coefficient (Wildman–Crippen LogP) is 3.96. The highest BCUT2D eigenvalue weighted by Crippen LogP contribution is 2.48. The zero-order chi connectivity index (χ0) is 23.9. The molecule has 0 bridgehead atoms. The lowest BCUT2D eigenvalue weighted by molar-refractivity contribution is -0.136. The van der Waals surface area contributed by atoms with Gasteiger partial charge in [0.05, 0.1) is 17.7 Å². The molecule has 0 saturated heterocycles. The summed E-state index contributed by atoms with van der Waals surface area (Å²) in [6, 6.07) is 5.50. The summed E-state index contributed by atoms with van der Waals surface area (Å²) in [5.74, 6) is 0.450. The number of benzene rings is 1. The van der Waals surface area contributed by atoms with Crippen LogP contribution in [-0.2, 0) is 16.8 Å². The molecule has 34 heavy (non-hydrogen) atoms. The smallest absolute Gasteiger partial charge is 0.389 e. The number of rotatable bonds is 6. The van der Waals surface area contributed by atoms with E-state index >= 15 is 0 Å². The van der Waals surface area contributed by atoms with Gasteiger partial charge in [-0.05, 0) is 54.7 Å². The Morgan fingerprint density at radius 2 is 2.15 bits per heavy atom. The van der Waals surface area contributed by atoms with Crippen molar-refractivity contribution in [1.29, 1.82) is 0 Å². The molecule has 3 aromatic rings. The maximum absolute atomic E-state index is 13.3. The van der Waals surface area contributed by atoms with Crippen LogP contribution in [0, 0.1) is 6.92 Å². The first kappa shape index (κ1) is 22.5. The van der Waals surface area contributed by atoms with Crippen molar-refractivity contribution in [2.45, 2.75) is 50.7 Å². The summed E-state index contributed by atoms with van der Waals surface area (Å²) in [5.41, 5.74) is 2.48. The molecule has 0 unspecified atom stereocenters. The summed E-state index contributed by atoms with van der Waals surface area (Å²) < 4.78 is 42.6. The Labute approximate surface area is 196 Å². The standard InChI is InChI=1S/C22H21F3N6O2S/c1-12-11-26-20(34-12)15-10-21(27-19(32)17(15)18-28-30-31-29-18)7-5-13-9-14(3-4-16(13)21)33-8-2-6-22(23,24)25/h3-4,9,11H,2,5-8,10H2,1H3,(H,27,32)(H,28,29,30,31)/t21-/m0/s1. The lowest BCUT2D eigenvalue weighted by Crippen LogP contribution is -2.48. The number of aromatic amines is 1. The van der Waals surface area contributed by atoms with Gasteiger partial charge in [-0.25, -0.2) is 4.98 Å². The van der Waals surface area contributed by atoms with Crippen molar-refractivity contribution in [2.75, 3.05) is 6.61 Å². The van der Waals surface area contributed by atoms with Crippen LogP contribution in [0.2, 0.25) is 0 Å². The minimum atomic E-state index is -4.19. The van der Waals surface area contributed by atoms with E-state index in [1.165, 1.54) is 11.3 Å². The van der Waals surface area contributed by atoms with Crippen LogP contribution in [0.3, 0.4) is 0 Å². The van der Waals surface area contributed by atoms with Crippen molar-refractivity contribution < 1.29 is 22.7 Å². The highest BCUT2D eigenvalue weighted by atomic mass is 32.1. The number of H-pyrrole nitrogens is 1. The molecule has 2 aliphatic rings. The Morgan fingerprint density at radius 1 is 1.29 bits per heavy atom. The van der Waals surface area contributed by atoms with Gasteiger partial charge in [-0.1, -0.05) is 6.07 Å². The number of nitrogens with one attached hydrogen (secondary N) is 2. The van der Waals surface area contributed by atoms with E-state index in [2.05, 4.69) is 30.9 Å². The van der Waals surface area contributed by atoms with Crippen LogP contribution in [0.4, 0.5) is 13.2 Å². The van der Waals surface area contributed by atoms with Crippen LogP contribution in [0.15, 0.2) is 24.4 Å². The molecule has 5 rings (SSSR count). The number of tetrazole rings is 1. The Balaban J connectivity index is 1.43. The van der Waals surface area contributed by atoms with Gasteiger partial charge in [0.25, 0.3) is 5.91 Å². The first-order valence-electron chi connectivity index (χ1n) is 10.8. The van der Waals surface area contributed by atoms with E-state index < -0.39 is 18.1 Å². The summed E-state index contributed by atoms with van der Waals surface area (Å²) in [5, 5.41) is 18.0. The summed E-state index contributed by atoms with van der Waals surface area (Å²) in [6.45, 7) is 1.94. The lowest BCUT2D eigenvalue weighted by Gasteiger charge is -2.37. The quantitative estimate of drug-likeness (QED) is 0.507. The van der Waals surface area contributed by atoms with Crippen molar-refractivity contribution in [3.05, 3.63) is 51.2 Å². The Kier molecular flexibility index (Phi) is 5.62. The van der Waals surface area contributed by atoms with E-state index in [0.717, 1.165) is 26.6 Å². The number of ether oxygens (including phenoxy) is 1. The van der Waals surface area contributed by atoms with Crippen LogP contribution in [-0.4, -0.2) is 44.3 Å². The fourth-order valence-corrected chi connectivity index (χ4v) is 5.44. The molecule has 1 aliphatic heterocycles. The monoisotopic (exact) mass is 490 g/mol. The van der Waals surface area contributed by atoms with E-state index in [1.807, 2.05) is 19.1 Å². The van der Waals surface area contributed by atoms with Gasteiger partial charge in [-0.2, -0.15) is 18.4 Å². The molecular weight excluding hydrogens is 469 g/mol. The van der Waals surface area contributed by atoms with Crippen LogP contribution >= 0.6 is 11.3 Å². The molecule has 12 heteroatoms. The third-order valence-corrected chi connectivity index (χ3v) is 7.07. The molecule has 1 aliphatic carbocycles. The molecule has 1 amide bonds. The predicted molar refractivity (Wildman–Crippen MR) is 118 cm³/mol. The number of aryl methyl sites for hydroxylation is 2. The van der Waals surface area contributed by atoms with Gasteiger partial charge in [0.2, 0.25) is 5.82 Å². The van der Waals surface area contributed by atoms with Crippen LogP contribution in [0.25, 0.3) is 11.1 Å². The largest absolute Gasteiger partial charge is 0.494 e. The number of amides is 1. The van der Waals surface area contributed by atoms with Gasteiger partial charge in [0.15, 0.2) is 0 Å². The molecule has 1 spiro atoms. The molecule has 0 fully saturated rings. The number of nitrogens with zero attached hydrogens (tertiary/aromatic N) is 4. The van der Waals surface area contributed by atoms with Crippen molar-refractivity contribution in [2.24, 2.45) is 0 Å². The first-order chi connectivity index (χ1) is 16.2. The molecule has 178 valence electrons. The molecule has 0 radical (unpaired) electrons. The second-order valence-corrected chi connectivity index (χ2v) is 9.70. The van der Waals surface area contributed by atoms with Gasteiger partial charge in [0.1, 0.15) is 10.8 Å². The van der Waals surface area contributed by atoms with Gasteiger partial charge >= 0.3 is 6.18 Å². The average molecular weight is 491 g/mol. The highest BCUT2D eigenvalue weighted by molar-refractivity contribution is 7.12. The normalized spacial score (nSPS) is 20.1. The highest BCUT2D eigenvalue weighted by Gasteiger charge is 2.46. The third kappa shape index (κ3) is 4.29. The molecule has 2 aromatic heterocycles. The number of hydrogen-bond acceptors (Lipinski definition) is 7. The van der Waals surface area contributed by atoms with Crippen LogP contribution < -0.4 is 10.1 Å². The molecule has 1 aromatic carbocycles. The van der Waals surface area contributed by atoms with Gasteiger partial charge in [0, 0.05) is 29.5 Å². The fourth-order valence-electron chi connectivity index (χ4n) is 4.62. The molecule has 2 N–H and O–H groups in total. The molecule has 0 saturated carbocycles. The van der Waals surface area contributed by atoms with Gasteiger partial charge in [-0.3, -0.25) is 4.79 Å². The molecule has 1 atom stereocenters. The summed E-state index contributed by atoms with van der Waals surface area (Å²) >= 11 is 1.50. The number of thiazole rings is 1. The Hall–Kier alpha value is -3.28.